The maximum Gasteiger partial charge on any atom is 0.316 e. The minimum atomic E-state index is -0.595. The number of carbonyl (C=O) groups excluding carboxylic acids is 2. The Labute approximate surface area is 130 Å². The van der Waals surface area contributed by atoms with Crippen molar-refractivity contribution in [1.82, 2.24) is 16.2 Å². The van der Waals surface area contributed by atoms with Crippen molar-refractivity contribution in [2.45, 2.75) is 44.8 Å². The highest BCUT2D eigenvalue weighted by atomic mass is 16.2. The van der Waals surface area contributed by atoms with Gasteiger partial charge in [0.2, 0.25) is 5.91 Å². The first kappa shape index (κ1) is 16.3. The summed E-state index contributed by atoms with van der Waals surface area (Å²) >= 11 is 0. The molecule has 2 unspecified atom stereocenters. The van der Waals surface area contributed by atoms with Crippen LogP contribution < -0.4 is 27.2 Å². The van der Waals surface area contributed by atoms with E-state index in [-0.39, 0.29) is 11.9 Å². The van der Waals surface area contributed by atoms with Crippen LogP contribution in [-0.4, -0.2) is 24.0 Å². The summed E-state index contributed by atoms with van der Waals surface area (Å²) in [6.45, 7) is 2.58. The molecule has 1 fully saturated rings. The molecule has 6 N–H and O–H groups in total. The summed E-state index contributed by atoms with van der Waals surface area (Å²) in [6.07, 6.45) is 2.96. The van der Waals surface area contributed by atoms with Crippen LogP contribution in [-0.2, 0) is 11.3 Å². The van der Waals surface area contributed by atoms with Crippen LogP contribution in [0.15, 0.2) is 24.3 Å². The van der Waals surface area contributed by atoms with Gasteiger partial charge >= 0.3 is 6.03 Å². The van der Waals surface area contributed by atoms with Gasteiger partial charge in [0.25, 0.3) is 0 Å². The van der Waals surface area contributed by atoms with E-state index in [2.05, 4.69) is 28.4 Å². The minimum Gasteiger partial charge on any atom is -0.351 e. The topological polar surface area (TPSA) is 108 Å². The van der Waals surface area contributed by atoms with Crippen molar-refractivity contribution in [3.05, 3.63) is 29.8 Å². The number of benzene rings is 1. The standard InChI is InChI=1S/C15H23N5O2/c1-2-3-12-8-13(20-19-12)14(21)17-9-10-4-6-11(7-5-10)18-15(16)22/h4-7,12-13,19-20H,2-3,8-9H2,1H3,(H,17,21)(H3,16,18,22). The average Bonchev–Trinajstić information content (AvgIpc) is 2.95. The van der Waals surface area contributed by atoms with E-state index < -0.39 is 6.03 Å². The first-order valence-corrected chi connectivity index (χ1v) is 7.52. The van der Waals surface area contributed by atoms with E-state index >= 15 is 0 Å². The van der Waals surface area contributed by atoms with Crippen molar-refractivity contribution in [1.29, 1.82) is 0 Å². The molecule has 0 aliphatic carbocycles. The average molecular weight is 305 g/mol. The number of hydrogen-bond donors (Lipinski definition) is 5. The third kappa shape index (κ3) is 4.71. The summed E-state index contributed by atoms with van der Waals surface area (Å²) in [4.78, 5) is 22.8. The van der Waals surface area contributed by atoms with Gasteiger partial charge in [-0.1, -0.05) is 25.5 Å². The van der Waals surface area contributed by atoms with Crippen LogP contribution in [0.1, 0.15) is 31.7 Å². The number of carbonyl (C=O) groups is 2. The molecule has 1 aromatic rings. The molecule has 0 aromatic heterocycles. The van der Waals surface area contributed by atoms with Gasteiger partial charge in [-0.3, -0.25) is 10.2 Å². The van der Waals surface area contributed by atoms with E-state index in [1.54, 1.807) is 12.1 Å². The maximum atomic E-state index is 12.1. The smallest absolute Gasteiger partial charge is 0.316 e. The number of nitrogens with two attached hydrogens (primary N) is 1. The molecule has 2 rings (SSSR count). The summed E-state index contributed by atoms with van der Waals surface area (Å²) in [7, 11) is 0. The second kappa shape index (κ2) is 7.77. The number of anilines is 1. The monoisotopic (exact) mass is 305 g/mol. The molecule has 22 heavy (non-hydrogen) atoms. The largest absolute Gasteiger partial charge is 0.351 e. The fraction of sp³-hybridized carbons (Fsp3) is 0.467. The third-order valence-electron chi connectivity index (χ3n) is 3.62. The molecule has 1 aliphatic rings. The van der Waals surface area contributed by atoms with Gasteiger partial charge < -0.3 is 16.4 Å². The fourth-order valence-corrected chi connectivity index (χ4v) is 2.49. The number of hydrazine groups is 1. The van der Waals surface area contributed by atoms with Crippen molar-refractivity contribution in [3.8, 4) is 0 Å². The first-order chi connectivity index (χ1) is 10.6. The molecular weight excluding hydrogens is 282 g/mol. The molecule has 3 amide bonds. The lowest BCUT2D eigenvalue weighted by atomic mass is 10.1. The van der Waals surface area contributed by atoms with Crippen LogP contribution in [0.3, 0.4) is 0 Å². The molecule has 120 valence electrons. The van der Waals surface area contributed by atoms with E-state index in [0.29, 0.717) is 18.3 Å². The Morgan fingerprint density at radius 1 is 1.27 bits per heavy atom. The Hall–Kier alpha value is -2.12. The number of nitrogens with one attached hydrogen (secondary N) is 4. The van der Waals surface area contributed by atoms with Gasteiger partial charge in [-0.15, -0.1) is 0 Å². The van der Waals surface area contributed by atoms with E-state index in [1.807, 2.05) is 12.1 Å². The van der Waals surface area contributed by atoms with Gasteiger partial charge in [0.05, 0.1) is 0 Å². The second-order valence-electron chi connectivity index (χ2n) is 5.47. The zero-order valence-corrected chi connectivity index (χ0v) is 12.7. The van der Waals surface area contributed by atoms with E-state index in [0.717, 1.165) is 24.8 Å². The van der Waals surface area contributed by atoms with Crippen LogP contribution in [0.2, 0.25) is 0 Å². The van der Waals surface area contributed by atoms with Crippen molar-refractivity contribution < 1.29 is 9.59 Å². The fourth-order valence-electron chi connectivity index (χ4n) is 2.49. The lowest BCUT2D eigenvalue weighted by molar-refractivity contribution is -0.123. The normalized spacial score (nSPS) is 20.6. The van der Waals surface area contributed by atoms with Crippen LogP contribution in [0.4, 0.5) is 10.5 Å². The molecule has 2 atom stereocenters. The SMILES string of the molecule is CCCC1CC(C(=O)NCc2ccc(NC(N)=O)cc2)NN1. The number of primary amides is 1. The predicted octanol–water partition coefficient (Wildman–Crippen LogP) is 0.829. The van der Waals surface area contributed by atoms with Gasteiger partial charge in [0.1, 0.15) is 6.04 Å². The van der Waals surface area contributed by atoms with Crippen molar-refractivity contribution in [2.75, 3.05) is 5.32 Å². The van der Waals surface area contributed by atoms with E-state index in [9.17, 15) is 9.59 Å². The molecule has 0 bridgehead atoms. The molecule has 1 heterocycles. The number of hydrogen-bond acceptors (Lipinski definition) is 4. The summed E-state index contributed by atoms with van der Waals surface area (Å²) in [6, 6.07) is 6.75. The molecule has 1 aromatic carbocycles. The Morgan fingerprint density at radius 2 is 2.00 bits per heavy atom. The Balaban J connectivity index is 1.78. The summed E-state index contributed by atoms with van der Waals surface area (Å²) in [5, 5.41) is 5.40. The molecule has 0 saturated carbocycles. The van der Waals surface area contributed by atoms with E-state index in [1.165, 1.54) is 0 Å². The van der Waals surface area contributed by atoms with Gasteiger partial charge in [-0.25, -0.2) is 10.2 Å². The number of rotatable bonds is 6. The maximum absolute atomic E-state index is 12.1. The number of urea groups is 1. The molecule has 7 heteroatoms. The number of amides is 3. The van der Waals surface area contributed by atoms with Crippen LogP contribution >= 0.6 is 0 Å². The molecule has 0 radical (unpaired) electrons. The molecule has 1 aliphatic heterocycles. The molecule has 1 saturated heterocycles. The highest BCUT2D eigenvalue weighted by Crippen LogP contribution is 2.11. The second-order valence-corrected chi connectivity index (χ2v) is 5.47. The van der Waals surface area contributed by atoms with E-state index in [4.69, 9.17) is 5.73 Å². The molecular formula is C15H23N5O2. The third-order valence-corrected chi connectivity index (χ3v) is 3.62. The van der Waals surface area contributed by atoms with Crippen LogP contribution in [0, 0.1) is 0 Å². The summed E-state index contributed by atoms with van der Waals surface area (Å²) in [5.74, 6) is -0.00885. The van der Waals surface area contributed by atoms with Gasteiger partial charge in [-0.2, -0.15) is 0 Å². The van der Waals surface area contributed by atoms with Gasteiger partial charge in [0.15, 0.2) is 0 Å². The van der Waals surface area contributed by atoms with Gasteiger partial charge in [-0.05, 0) is 30.5 Å². The lowest BCUT2D eigenvalue weighted by Crippen LogP contribution is -2.43. The van der Waals surface area contributed by atoms with Crippen LogP contribution in [0.25, 0.3) is 0 Å². The quantitative estimate of drug-likeness (QED) is 0.536. The Kier molecular flexibility index (Phi) is 5.74. The first-order valence-electron chi connectivity index (χ1n) is 7.52. The Morgan fingerprint density at radius 3 is 2.64 bits per heavy atom. The molecule has 0 spiro atoms. The van der Waals surface area contributed by atoms with Crippen molar-refractivity contribution in [2.24, 2.45) is 5.73 Å². The van der Waals surface area contributed by atoms with Crippen molar-refractivity contribution >= 4 is 17.6 Å². The zero-order chi connectivity index (χ0) is 15.9. The summed E-state index contributed by atoms with van der Waals surface area (Å²) < 4.78 is 0. The zero-order valence-electron chi connectivity index (χ0n) is 12.7. The highest BCUT2D eigenvalue weighted by Gasteiger charge is 2.28. The van der Waals surface area contributed by atoms with Gasteiger partial charge in [0, 0.05) is 18.3 Å². The molecule has 7 nitrogen and oxygen atoms in total. The lowest BCUT2D eigenvalue weighted by Gasteiger charge is -2.11. The highest BCUT2D eigenvalue weighted by molar-refractivity contribution is 5.87. The van der Waals surface area contributed by atoms with Crippen molar-refractivity contribution in [3.63, 3.8) is 0 Å². The Bertz CT molecular complexity index is 517. The van der Waals surface area contributed by atoms with Crippen LogP contribution in [0.5, 0.6) is 0 Å². The minimum absolute atomic E-state index is 0.00885. The predicted molar refractivity (Wildman–Crippen MR) is 84.9 cm³/mol. The summed E-state index contributed by atoms with van der Waals surface area (Å²) in [5.41, 5.74) is 12.8.